The molecule has 1 aromatic heterocycles. The summed E-state index contributed by atoms with van der Waals surface area (Å²) in [6.07, 6.45) is 2.83. The van der Waals surface area contributed by atoms with E-state index in [4.69, 9.17) is 4.74 Å². The fraction of sp³-hybridized carbons (Fsp3) is 0.233. The Morgan fingerprint density at radius 2 is 1.70 bits per heavy atom. The Bertz CT molecular complexity index is 1500. The van der Waals surface area contributed by atoms with Crippen molar-refractivity contribution in [3.63, 3.8) is 0 Å². The monoisotopic (exact) mass is 558 g/mol. The number of hydrogen-bond acceptors (Lipinski definition) is 7. The predicted molar refractivity (Wildman–Crippen MR) is 153 cm³/mol. The van der Waals surface area contributed by atoms with E-state index in [0.29, 0.717) is 23.5 Å². The van der Waals surface area contributed by atoms with Crippen molar-refractivity contribution in [1.29, 1.82) is 0 Å². The summed E-state index contributed by atoms with van der Waals surface area (Å²) >= 11 is 1.55. The molecule has 0 aliphatic rings. The summed E-state index contributed by atoms with van der Waals surface area (Å²) in [6, 6.07) is 20.8. The predicted octanol–water partition coefficient (Wildman–Crippen LogP) is 5.70. The lowest BCUT2D eigenvalue weighted by atomic mass is 10.1. The summed E-state index contributed by atoms with van der Waals surface area (Å²) in [5, 5.41) is 21.8. The number of amides is 1. The highest BCUT2D eigenvalue weighted by atomic mass is 32.2. The summed E-state index contributed by atoms with van der Waals surface area (Å²) in [5.74, 6) is -0.502. The minimum atomic E-state index is -1.15. The van der Waals surface area contributed by atoms with E-state index in [2.05, 4.69) is 27.0 Å². The van der Waals surface area contributed by atoms with Gasteiger partial charge < -0.3 is 19.7 Å². The lowest BCUT2D eigenvalue weighted by molar-refractivity contribution is 0.0599. The van der Waals surface area contributed by atoms with Gasteiger partial charge in [0.25, 0.3) is 5.91 Å². The number of ether oxygens (including phenoxy) is 1. The second kappa shape index (κ2) is 13.6. The molecule has 2 N–H and O–H groups in total. The first-order valence-corrected chi connectivity index (χ1v) is 13.8. The van der Waals surface area contributed by atoms with Crippen LogP contribution in [0.2, 0.25) is 0 Å². The third-order valence-corrected chi connectivity index (χ3v) is 7.26. The summed E-state index contributed by atoms with van der Waals surface area (Å²) in [7, 11) is 1.36. The molecule has 0 saturated heterocycles. The summed E-state index contributed by atoms with van der Waals surface area (Å²) in [5.41, 5.74) is 3.08. The van der Waals surface area contributed by atoms with Gasteiger partial charge in [0, 0.05) is 17.9 Å². The van der Waals surface area contributed by atoms with Crippen LogP contribution in [0.15, 0.2) is 78.0 Å². The highest BCUT2D eigenvalue weighted by molar-refractivity contribution is 7.98. The van der Waals surface area contributed by atoms with Crippen LogP contribution >= 0.6 is 11.8 Å². The number of esters is 1. The number of unbranched alkanes of at least 4 members (excludes halogenated alkanes) is 1. The number of carboxylic acids is 1. The molecule has 206 valence electrons. The Morgan fingerprint density at radius 1 is 0.950 bits per heavy atom. The van der Waals surface area contributed by atoms with E-state index >= 15 is 0 Å². The molecule has 0 bridgehead atoms. The lowest BCUT2D eigenvalue weighted by Crippen LogP contribution is -2.16. The van der Waals surface area contributed by atoms with Gasteiger partial charge in [-0.1, -0.05) is 61.5 Å². The van der Waals surface area contributed by atoms with Crippen molar-refractivity contribution in [3.8, 4) is 0 Å². The number of aromatic nitrogens is 3. The summed E-state index contributed by atoms with van der Waals surface area (Å²) < 4.78 is 6.93. The number of rotatable bonds is 12. The van der Waals surface area contributed by atoms with Gasteiger partial charge in [0.2, 0.25) is 0 Å². The fourth-order valence-corrected chi connectivity index (χ4v) is 5.00. The van der Waals surface area contributed by atoms with Crippen LogP contribution in [0.5, 0.6) is 0 Å². The van der Waals surface area contributed by atoms with E-state index in [0.717, 1.165) is 41.4 Å². The molecule has 0 atom stereocenters. The van der Waals surface area contributed by atoms with Gasteiger partial charge in [-0.3, -0.25) is 4.79 Å². The van der Waals surface area contributed by atoms with Crippen LogP contribution in [-0.4, -0.2) is 44.8 Å². The largest absolute Gasteiger partial charge is 0.478 e. The molecule has 0 aliphatic heterocycles. The number of aryl methyl sites for hydroxylation is 1. The van der Waals surface area contributed by atoms with E-state index in [1.807, 2.05) is 30.3 Å². The van der Waals surface area contributed by atoms with Crippen molar-refractivity contribution < 1.29 is 24.2 Å². The van der Waals surface area contributed by atoms with Crippen molar-refractivity contribution in [2.24, 2.45) is 0 Å². The van der Waals surface area contributed by atoms with Gasteiger partial charge in [-0.15, -0.1) is 10.2 Å². The fourth-order valence-electron chi connectivity index (χ4n) is 4.10. The van der Waals surface area contributed by atoms with Crippen LogP contribution in [-0.2, 0) is 23.5 Å². The molecule has 40 heavy (non-hydrogen) atoms. The molecule has 0 unspecified atom stereocenters. The topological polar surface area (TPSA) is 123 Å². The van der Waals surface area contributed by atoms with Crippen molar-refractivity contribution >= 4 is 35.3 Å². The normalized spacial score (nSPS) is 10.8. The third kappa shape index (κ3) is 7.15. The zero-order valence-corrected chi connectivity index (χ0v) is 23.1. The molecule has 1 heterocycles. The number of nitrogens with zero attached hydrogens (tertiary/aromatic N) is 3. The molecule has 0 saturated carbocycles. The van der Waals surface area contributed by atoms with E-state index in [-0.39, 0.29) is 17.1 Å². The van der Waals surface area contributed by atoms with Crippen molar-refractivity contribution in [3.05, 3.63) is 106 Å². The first-order chi connectivity index (χ1) is 19.4. The van der Waals surface area contributed by atoms with Crippen LogP contribution in [0.4, 0.5) is 5.69 Å². The number of benzene rings is 3. The molecule has 9 nitrogen and oxygen atoms in total. The SMILES string of the molecule is CCCCc1nnc(SCc2cccc(C(=O)OC)c2)n1Cc1ccc(NC(=O)c2ccccc2C(=O)O)cc1. The average molecular weight is 559 g/mol. The Labute approximate surface area is 236 Å². The molecule has 0 spiro atoms. The van der Waals surface area contributed by atoms with Gasteiger partial charge in [0.15, 0.2) is 5.16 Å². The zero-order chi connectivity index (χ0) is 28.5. The van der Waals surface area contributed by atoms with Crippen molar-refractivity contribution in [2.75, 3.05) is 12.4 Å². The average Bonchev–Trinajstić information content (AvgIpc) is 3.36. The minimum Gasteiger partial charge on any atom is -0.478 e. The third-order valence-electron chi connectivity index (χ3n) is 6.22. The number of hydrogen-bond donors (Lipinski definition) is 2. The van der Waals surface area contributed by atoms with Crippen LogP contribution in [0, 0.1) is 0 Å². The second-order valence-electron chi connectivity index (χ2n) is 9.07. The first-order valence-electron chi connectivity index (χ1n) is 12.8. The number of anilines is 1. The zero-order valence-electron chi connectivity index (χ0n) is 22.3. The highest BCUT2D eigenvalue weighted by Crippen LogP contribution is 2.25. The molecule has 0 fully saturated rings. The number of carboxylic acid groups (broad SMARTS) is 1. The van der Waals surface area contributed by atoms with E-state index in [1.54, 1.807) is 42.1 Å². The molecule has 0 radical (unpaired) electrons. The van der Waals surface area contributed by atoms with Gasteiger partial charge in [0.05, 0.1) is 30.3 Å². The van der Waals surface area contributed by atoms with Gasteiger partial charge in [-0.2, -0.15) is 0 Å². The maximum atomic E-state index is 12.7. The maximum absolute atomic E-state index is 12.7. The molecule has 0 aliphatic carbocycles. The standard InChI is InChI=1S/C30H30N4O5S/c1-3-4-12-26-32-33-30(40-19-21-8-7-9-22(17-21)29(38)39-2)34(26)18-20-13-15-23(16-14-20)31-27(35)24-10-5-6-11-25(24)28(36)37/h5-11,13-17H,3-4,12,18-19H2,1-2H3,(H,31,35)(H,36,37). The quantitative estimate of drug-likeness (QED) is 0.168. The minimum absolute atomic E-state index is 0.0501. The van der Waals surface area contributed by atoms with E-state index in [9.17, 15) is 19.5 Å². The molecular weight excluding hydrogens is 528 g/mol. The highest BCUT2D eigenvalue weighted by Gasteiger charge is 2.17. The second-order valence-corrected chi connectivity index (χ2v) is 10.0. The van der Waals surface area contributed by atoms with Gasteiger partial charge in [0.1, 0.15) is 5.82 Å². The van der Waals surface area contributed by atoms with Crippen molar-refractivity contribution in [1.82, 2.24) is 14.8 Å². The van der Waals surface area contributed by atoms with Gasteiger partial charge >= 0.3 is 11.9 Å². The number of carbonyl (C=O) groups is 3. The number of methoxy groups -OCH3 is 1. The Morgan fingerprint density at radius 3 is 2.40 bits per heavy atom. The first kappa shape index (κ1) is 28.6. The Balaban J connectivity index is 1.48. The number of carbonyl (C=O) groups excluding carboxylic acids is 2. The number of nitrogens with one attached hydrogen (secondary N) is 1. The van der Waals surface area contributed by atoms with Crippen molar-refractivity contribution in [2.45, 2.75) is 43.6 Å². The molecule has 4 aromatic rings. The number of thioether (sulfide) groups is 1. The smallest absolute Gasteiger partial charge is 0.337 e. The molecular formula is C30H30N4O5S. The van der Waals surface area contributed by atoms with Crippen LogP contribution in [0.3, 0.4) is 0 Å². The Hall–Kier alpha value is -4.44. The summed E-state index contributed by atoms with van der Waals surface area (Å²) in [4.78, 5) is 36.1. The summed E-state index contributed by atoms with van der Waals surface area (Å²) in [6.45, 7) is 2.68. The number of aromatic carboxylic acids is 1. The van der Waals surface area contributed by atoms with Crippen LogP contribution < -0.4 is 5.32 Å². The maximum Gasteiger partial charge on any atom is 0.337 e. The van der Waals surface area contributed by atoms with Crippen LogP contribution in [0.25, 0.3) is 0 Å². The van der Waals surface area contributed by atoms with E-state index < -0.39 is 11.9 Å². The molecule has 3 aromatic carbocycles. The molecule has 4 rings (SSSR count). The molecule has 1 amide bonds. The van der Waals surface area contributed by atoms with Gasteiger partial charge in [-0.05, 0) is 53.9 Å². The van der Waals surface area contributed by atoms with E-state index in [1.165, 1.54) is 19.2 Å². The lowest BCUT2D eigenvalue weighted by Gasteiger charge is -2.12. The van der Waals surface area contributed by atoms with Gasteiger partial charge in [-0.25, -0.2) is 9.59 Å². The van der Waals surface area contributed by atoms with Crippen LogP contribution in [0.1, 0.15) is 67.8 Å². The molecule has 10 heteroatoms. The Kier molecular flexibility index (Phi) is 9.69.